The van der Waals surface area contributed by atoms with Gasteiger partial charge in [0.1, 0.15) is 11.3 Å². The maximum absolute atomic E-state index is 12.0. The Morgan fingerprint density at radius 2 is 2.05 bits per heavy atom. The van der Waals surface area contributed by atoms with Gasteiger partial charge in [-0.2, -0.15) is 0 Å². The number of carbonyl (C=O) groups excluding carboxylic acids is 1. The summed E-state index contributed by atoms with van der Waals surface area (Å²) in [6.45, 7) is 4.03. The molecule has 3 nitrogen and oxygen atoms in total. The van der Waals surface area contributed by atoms with Gasteiger partial charge >= 0.3 is 5.97 Å². The number of rotatable bonds is 3. The van der Waals surface area contributed by atoms with Gasteiger partial charge < -0.3 is 9.15 Å². The predicted octanol–water partition coefficient (Wildman–Crippen LogP) is 5.30. The third-order valence-electron chi connectivity index (χ3n) is 3.15. The highest BCUT2D eigenvalue weighted by molar-refractivity contribution is 7.19. The minimum atomic E-state index is -0.335. The van der Waals surface area contributed by atoms with Gasteiger partial charge in [-0.15, -0.1) is 11.3 Å². The number of hydrogen-bond donors (Lipinski definition) is 0. The molecule has 5 heteroatoms. The Hall–Kier alpha value is -1.78. The fraction of sp³-hybridized carbons (Fsp3) is 0.188. The van der Waals surface area contributed by atoms with Crippen molar-refractivity contribution in [3.8, 4) is 11.3 Å². The van der Waals surface area contributed by atoms with E-state index in [9.17, 15) is 4.79 Å². The van der Waals surface area contributed by atoms with E-state index in [4.69, 9.17) is 20.8 Å². The molecule has 2 aromatic heterocycles. The van der Waals surface area contributed by atoms with Gasteiger partial charge in [0.2, 0.25) is 0 Å². The fourth-order valence-electron chi connectivity index (χ4n) is 2.20. The molecule has 3 rings (SSSR count). The number of ether oxygens (including phenoxy) is 1. The third kappa shape index (κ3) is 2.57. The molecule has 21 heavy (non-hydrogen) atoms. The van der Waals surface area contributed by atoms with Gasteiger partial charge in [-0.3, -0.25) is 0 Å². The summed E-state index contributed by atoms with van der Waals surface area (Å²) in [6.07, 6.45) is 0. The zero-order valence-corrected chi connectivity index (χ0v) is 13.2. The summed E-state index contributed by atoms with van der Waals surface area (Å²) in [6, 6.07) is 9.35. The van der Waals surface area contributed by atoms with E-state index >= 15 is 0 Å². The number of esters is 1. The Morgan fingerprint density at radius 3 is 2.71 bits per heavy atom. The van der Waals surface area contributed by atoms with E-state index in [1.807, 2.05) is 37.3 Å². The van der Waals surface area contributed by atoms with Crippen LogP contribution in [-0.2, 0) is 4.74 Å². The molecule has 0 saturated heterocycles. The number of furan rings is 1. The number of fused-ring (bicyclic) bond motifs is 1. The maximum atomic E-state index is 12.0. The van der Waals surface area contributed by atoms with Crippen molar-refractivity contribution in [2.24, 2.45) is 0 Å². The van der Waals surface area contributed by atoms with Gasteiger partial charge in [-0.1, -0.05) is 11.6 Å². The molecule has 1 aromatic carbocycles. The molecule has 2 heterocycles. The van der Waals surface area contributed by atoms with Crippen molar-refractivity contribution in [2.45, 2.75) is 13.8 Å². The highest BCUT2D eigenvalue weighted by atomic mass is 35.5. The second kappa shape index (κ2) is 5.54. The lowest BCUT2D eigenvalue weighted by Gasteiger charge is -2.00. The van der Waals surface area contributed by atoms with Crippen molar-refractivity contribution in [1.82, 2.24) is 0 Å². The van der Waals surface area contributed by atoms with Crippen LogP contribution in [0.2, 0.25) is 5.02 Å². The molecule has 0 amide bonds. The van der Waals surface area contributed by atoms with E-state index in [1.54, 1.807) is 6.92 Å². The van der Waals surface area contributed by atoms with Crippen LogP contribution in [0, 0.1) is 6.92 Å². The van der Waals surface area contributed by atoms with Crippen LogP contribution < -0.4 is 0 Å². The summed E-state index contributed by atoms with van der Waals surface area (Å²) in [4.78, 5) is 12.9. The average molecular weight is 321 g/mol. The molecule has 108 valence electrons. The Morgan fingerprint density at radius 1 is 1.33 bits per heavy atom. The van der Waals surface area contributed by atoms with E-state index in [0.29, 0.717) is 22.8 Å². The minimum absolute atomic E-state index is 0.335. The SMILES string of the molecule is CCOC(=O)c1c(C)sc2cc(-c3ccc(Cl)cc3)oc12. The summed E-state index contributed by atoms with van der Waals surface area (Å²) in [7, 11) is 0. The Bertz CT molecular complexity index is 799. The first-order valence-corrected chi connectivity index (χ1v) is 7.75. The lowest BCUT2D eigenvalue weighted by molar-refractivity contribution is 0.0527. The van der Waals surface area contributed by atoms with E-state index in [0.717, 1.165) is 20.9 Å². The predicted molar refractivity (Wildman–Crippen MR) is 85.2 cm³/mol. The molecule has 0 radical (unpaired) electrons. The second-order valence-corrected chi connectivity index (χ2v) is 6.26. The third-order valence-corrected chi connectivity index (χ3v) is 4.43. The van der Waals surface area contributed by atoms with E-state index in [1.165, 1.54) is 11.3 Å². The number of carbonyl (C=O) groups is 1. The van der Waals surface area contributed by atoms with Crippen LogP contribution in [0.1, 0.15) is 22.2 Å². The Balaban J connectivity index is 2.08. The van der Waals surface area contributed by atoms with Gasteiger partial charge in [0, 0.05) is 21.5 Å². The molecular weight excluding hydrogens is 308 g/mol. The number of aryl methyl sites for hydroxylation is 1. The first-order valence-electron chi connectivity index (χ1n) is 6.56. The summed E-state index contributed by atoms with van der Waals surface area (Å²) in [5, 5.41) is 0.676. The average Bonchev–Trinajstić information content (AvgIpc) is 2.96. The quantitative estimate of drug-likeness (QED) is 0.615. The molecule has 3 aromatic rings. The molecule has 0 spiro atoms. The minimum Gasteiger partial charge on any atom is -0.462 e. The Labute approximate surface area is 131 Å². The smallest absolute Gasteiger partial charge is 0.343 e. The zero-order valence-electron chi connectivity index (χ0n) is 11.6. The van der Waals surface area contributed by atoms with Gasteiger partial charge in [0.05, 0.1) is 11.3 Å². The monoisotopic (exact) mass is 320 g/mol. The standard InChI is InChI=1S/C16H13ClO3S/c1-3-19-16(18)14-9(2)21-13-8-12(20-15(13)14)10-4-6-11(17)7-5-10/h4-8H,3H2,1-2H3. The largest absolute Gasteiger partial charge is 0.462 e. The van der Waals surface area contributed by atoms with Gasteiger partial charge in [0.15, 0.2) is 5.58 Å². The molecule has 0 atom stereocenters. The summed E-state index contributed by atoms with van der Waals surface area (Å²) in [5.74, 6) is 0.386. The first kappa shape index (κ1) is 14.2. The first-order chi connectivity index (χ1) is 10.1. The lowest BCUT2D eigenvalue weighted by atomic mass is 10.2. The fourth-order valence-corrected chi connectivity index (χ4v) is 3.33. The van der Waals surface area contributed by atoms with Gasteiger partial charge in [-0.05, 0) is 38.1 Å². The van der Waals surface area contributed by atoms with Gasteiger partial charge in [0.25, 0.3) is 0 Å². The lowest BCUT2D eigenvalue weighted by Crippen LogP contribution is -2.04. The number of benzene rings is 1. The summed E-state index contributed by atoms with van der Waals surface area (Å²) < 4.78 is 11.9. The van der Waals surface area contributed by atoms with E-state index in [-0.39, 0.29) is 5.97 Å². The summed E-state index contributed by atoms with van der Waals surface area (Å²) in [5.41, 5.74) is 2.05. The van der Waals surface area contributed by atoms with Crippen molar-refractivity contribution in [3.05, 3.63) is 45.8 Å². The van der Waals surface area contributed by atoms with Crippen molar-refractivity contribution < 1.29 is 13.9 Å². The van der Waals surface area contributed by atoms with Crippen LogP contribution in [0.4, 0.5) is 0 Å². The van der Waals surface area contributed by atoms with Crippen molar-refractivity contribution >= 4 is 39.2 Å². The summed E-state index contributed by atoms with van der Waals surface area (Å²) >= 11 is 7.42. The molecule has 0 fully saturated rings. The molecule has 0 bridgehead atoms. The molecule has 0 aliphatic heterocycles. The zero-order chi connectivity index (χ0) is 15.0. The normalized spacial score (nSPS) is 11.0. The second-order valence-electron chi connectivity index (χ2n) is 4.56. The number of thiophene rings is 1. The Kier molecular flexibility index (Phi) is 3.74. The molecule has 0 aliphatic carbocycles. The van der Waals surface area contributed by atoms with Crippen LogP contribution in [0.3, 0.4) is 0 Å². The maximum Gasteiger partial charge on any atom is 0.343 e. The highest BCUT2D eigenvalue weighted by Crippen LogP contribution is 2.37. The molecule has 0 saturated carbocycles. The van der Waals surface area contributed by atoms with E-state index < -0.39 is 0 Å². The van der Waals surface area contributed by atoms with Crippen LogP contribution >= 0.6 is 22.9 Å². The highest BCUT2D eigenvalue weighted by Gasteiger charge is 2.22. The van der Waals surface area contributed by atoms with Crippen LogP contribution in [-0.4, -0.2) is 12.6 Å². The topological polar surface area (TPSA) is 39.4 Å². The van der Waals surface area contributed by atoms with Crippen LogP contribution in [0.25, 0.3) is 21.6 Å². The van der Waals surface area contributed by atoms with Crippen LogP contribution in [0.5, 0.6) is 0 Å². The van der Waals surface area contributed by atoms with Crippen molar-refractivity contribution in [1.29, 1.82) is 0 Å². The van der Waals surface area contributed by atoms with Gasteiger partial charge in [-0.25, -0.2) is 4.79 Å². The molecule has 0 N–H and O–H groups in total. The van der Waals surface area contributed by atoms with Crippen molar-refractivity contribution in [2.75, 3.05) is 6.61 Å². The van der Waals surface area contributed by atoms with Crippen LogP contribution in [0.15, 0.2) is 34.7 Å². The number of halogens is 1. The van der Waals surface area contributed by atoms with Crippen molar-refractivity contribution in [3.63, 3.8) is 0 Å². The molecular formula is C16H13ClO3S. The number of hydrogen-bond acceptors (Lipinski definition) is 4. The molecule has 0 aliphatic rings. The van der Waals surface area contributed by atoms with E-state index in [2.05, 4.69) is 0 Å². The molecule has 0 unspecified atom stereocenters.